The highest BCUT2D eigenvalue weighted by Crippen LogP contribution is 2.36. The summed E-state index contributed by atoms with van der Waals surface area (Å²) in [5, 5.41) is 10.6. The van der Waals surface area contributed by atoms with E-state index in [0.717, 1.165) is 11.1 Å². The molecular weight excluding hydrogens is 184 g/mol. The van der Waals surface area contributed by atoms with Crippen molar-refractivity contribution in [2.24, 2.45) is 0 Å². The van der Waals surface area contributed by atoms with E-state index in [-0.39, 0.29) is 11.4 Å². The predicted molar refractivity (Wildman–Crippen MR) is 53.5 cm³/mol. The molecule has 0 spiro atoms. The number of anilines is 1. The Bertz CT molecular complexity index is 388. The van der Waals surface area contributed by atoms with Crippen LogP contribution >= 0.6 is 0 Å². The molecule has 0 radical (unpaired) electrons. The maximum Gasteiger partial charge on any atom is 0.296 e. The van der Waals surface area contributed by atoms with E-state index in [1.54, 1.807) is 6.92 Å². The molecule has 0 aliphatic carbocycles. The number of nitrogens with zero attached hydrogens (tertiary/aromatic N) is 1. The molecule has 0 heterocycles. The van der Waals surface area contributed by atoms with Gasteiger partial charge in [-0.05, 0) is 25.0 Å². The summed E-state index contributed by atoms with van der Waals surface area (Å²) in [6.45, 7) is 3.60. The lowest BCUT2D eigenvalue weighted by Gasteiger charge is -2.10. The number of ether oxygens (including phenoxy) is 1. The first-order valence-electron chi connectivity index (χ1n) is 4.07. The predicted octanol–water partition coefficient (Wildman–Crippen LogP) is 1.80. The van der Waals surface area contributed by atoms with E-state index in [1.165, 1.54) is 13.2 Å². The van der Waals surface area contributed by atoms with Crippen LogP contribution in [0.4, 0.5) is 11.4 Å². The molecule has 0 saturated carbocycles. The minimum Gasteiger partial charge on any atom is -0.494 e. The standard InChI is InChI=1S/C9H12N2O3/c1-5-4-7(11(12)13)8(10)9(14-3)6(5)2/h4H,10H2,1-3H3. The molecule has 0 aromatic heterocycles. The molecule has 1 aromatic rings. The summed E-state index contributed by atoms with van der Waals surface area (Å²) < 4.78 is 5.02. The smallest absolute Gasteiger partial charge is 0.296 e. The van der Waals surface area contributed by atoms with Gasteiger partial charge in [0, 0.05) is 6.07 Å². The third kappa shape index (κ3) is 1.48. The maximum atomic E-state index is 10.6. The molecule has 0 aliphatic rings. The van der Waals surface area contributed by atoms with Gasteiger partial charge >= 0.3 is 0 Å². The van der Waals surface area contributed by atoms with Gasteiger partial charge in [0.25, 0.3) is 5.69 Å². The molecule has 0 unspecified atom stereocenters. The Balaban J connectivity index is 3.50. The second-order valence-corrected chi connectivity index (χ2v) is 3.04. The van der Waals surface area contributed by atoms with Crippen LogP contribution < -0.4 is 10.5 Å². The van der Waals surface area contributed by atoms with Gasteiger partial charge < -0.3 is 10.5 Å². The fraction of sp³-hybridized carbons (Fsp3) is 0.333. The molecule has 1 aromatic carbocycles. The van der Waals surface area contributed by atoms with Crippen molar-refractivity contribution in [3.8, 4) is 5.75 Å². The highest BCUT2D eigenvalue weighted by Gasteiger charge is 2.19. The van der Waals surface area contributed by atoms with E-state index < -0.39 is 4.92 Å². The van der Waals surface area contributed by atoms with Crippen molar-refractivity contribution in [2.75, 3.05) is 12.8 Å². The molecule has 0 saturated heterocycles. The van der Waals surface area contributed by atoms with E-state index in [0.29, 0.717) is 5.75 Å². The largest absolute Gasteiger partial charge is 0.494 e. The number of hydrogen-bond acceptors (Lipinski definition) is 4. The molecule has 0 atom stereocenters. The number of benzene rings is 1. The first kappa shape index (κ1) is 10.3. The van der Waals surface area contributed by atoms with Crippen molar-refractivity contribution in [3.05, 3.63) is 27.3 Å². The van der Waals surface area contributed by atoms with Crippen molar-refractivity contribution in [1.82, 2.24) is 0 Å². The van der Waals surface area contributed by atoms with E-state index in [9.17, 15) is 10.1 Å². The number of aryl methyl sites for hydroxylation is 1. The Morgan fingerprint density at radius 1 is 1.50 bits per heavy atom. The van der Waals surface area contributed by atoms with Crippen LogP contribution in [-0.2, 0) is 0 Å². The number of nitro groups is 1. The summed E-state index contributed by atoms with van der Waals surface area (Å²) in [6, 6.07) is 1.45. The van der Waals surface area contributed by atoms with Crippen LogP contribution in [0.2, 0.25) is 0 Å². The van der Waals surface area contributed by atoms with Gasteiger partial charge in [0.15, 0.2) is 11.4 Å². The zero-order chi connectivity index (χ0) is 10.9. The lowest BCUT2D eigenvalue weighted by Crippen LogP contribution is -2.02. The Kier molecular flexibility index (Phi) is 2.60. The van der Waals surface area contributed by atoms with Gasteiger partial charge in [0.1, 0.15) is 0 Å². The zero-order valence-corrected chi connectivity index (χ0v) is 8.33. The molecule has 5 heteroatoms. The van der Waals surface area contributed by atoms with E-state index in [2.05, 4.69) is 0 Å². The first-order chi connectivity index (χ1) is 6.49. The molecule has 0 fully saturated rings. The fourth-order valence-electron chi connectivity index (χ4n) is 1.30. The normalized spacial score (nSPS) is 9.93. The molecule has 0 amide bonds. The van der Waals surface area contributed by atoms with E-state index in [4.69, 9.17) is 10.5 Å². The molecule has 1 rings (SSSR count). The SMILES string of the molecule is COc1c(C)c(C)cc([N+](=O)[O-])c1N. The summed E-state index contributed by atoms with van der Waals surface area (Å²) in [5.41, 5.74) is 7.20. The van der Waals surface area contributed by atoms with Gasteiger partial charge in [-0.2, -0.15) is 0 Å². The molecular formula is C9H12N2O3. The quantitative estimate of drug-likeness (QED) is 0.444. The molecule has 76 valence electrons. The van der Waals surface area contributed by atoms with Crippen molar-refractivity contribution < 1.29 is 9.66 Å². The van der Waals surface area contributed by atoms with Crippen LogP contribution in [0, 0.1) is 24.0 Å². The number of hydrogen-bond donors (Lipinski definition) is 1. The summed E-state index contributed by atoms with van der Waals surface area (Å²) in [6.07, 6.45) is 0. The zero-order valence-electron chi connectivity index (χ0n) is 8.33. The lowest BCUT2D eigenvalue weighted by atomic mass is 10.1. The van der Waals surface area contributed by atoms with Gasteiger partial charge in [-0.25, -0.2) is 0 Å². The van der Waals surface area contributed by atoms with Crippen LogP contribution in [0.5, 0.6) is 5.75 Å². The number of rotatable bonds is 2. The van der Waals surface area contributed by atoms with Crippen LogP contribution in [-0.4, -0.2) is 12.0 Å². The minimum atomic E-state index is -0.510. The van der Waals surface area contributed by atoms with Crippen LogP contribution in [0.15, 0.2) is 6.07 Å². The summed E-state index contributed by atoms with van der Waals surface area (Å²) in [4.78, 5) is 10.1. The Morgan fingerprint density at radius 2 is 2.07 bits per heavy atom. The number of methoxy groups -OCH3 is 1. The average Bonchev–Trinajstić information content (AvgIpc) is 2.12. The maximum absolute atomic E-state index is 10.6. The summed E-state index contributed by atoms with van der Waals surface area (Å²) in [7, 11) is 1.45. The van der Waals surface area contributed by atoms with Crippen LogP contribution in [0.3, 0.4) is 0 Å². The van der Waals surface area contributed by atoms with Crippen molar-refractivity contribution in [3.63, 3.8) is 0 Å². The minimum absolute atomic E-state index is 0.0839. The second kappa shape index (κ2) is 3.53. The third-order valence-corrected chi connectivity index (χ3v) is 2.21. The lowest BCUT2D eigenvalue weighted by molar-refractivity contribution is -0.384. The highest BCUT2D eigenvalue weighted by molar-refractivity contribution is 5.71. The molecule has 5 nitrogen and oxygen atoms in total. The van der Waals surface area contributed by atoms with Gasteiger partial charge in [-0.3, -0.25) is 10.1 Å². The second-order valence-electron chi connectivity index (χ2n) is 3.04. The van der Waals surface area contributed by atoms with Crippen molar-refractivity contribution in [2.45, 2.75) is 13.8 Å². The summed E-state index contributed by atoms with van der Waals surface area (Å²) >= 11 is 0. The topological polar surface area (TPSA) is 78.4 Å². The van der Waals surface area contributed by atoms with Gasteiger partial charge in [-0.15, -0.1) is 0 Å². The van der Waals surface area contributed by atoms with E-state index in [1.807, 2.05) is 6.92 Å². The van der Waals surface area contributed by atoms with Gasteiger partial charge in [0.05, 0.1) is 12.0 Å². The van der Waals surface area contributed by atoms with Gasteiger partial charge in [0.2, 0.25) is 0 Å². The fourth-order valence-corrected chi connectivity index (χ4v) is 1.30. The number of nitrogen functional groups attached to an aromatic ring is 1. The monoisotopic (exact) mass is 196 g/mol. The summed E-state index contributed by atoms with van der Waals surface area (Å²) in [5.74, 6) is 0.386. The Labute approximate surface area is 81.6 Å². The molecule has 14 heavy (non-hydrogen) atoms. The first-order valence-corrected chi connectivity index (χ1v) is 4.07. The van der Waals surface area contributed by atoms with Gasteiger partial charge in [-0.1, -0.05) is 0 Å². The average molecular weight is 196 g/mol. The number of nitrogens with two attached hydrogens (primary N) is 1. The Hall–Kier alpha value is -1.78. The third-order valence-electron chi connectivity index (χ3n) is 2.21. The molecule has 2 N–H and O–H groups in total. The van der Waals surface area contributed by atoms with Crippen LogP contribution in [0.1, 0.15) is 11.1 Å². The van der Waals surface area contributed by atoms with Crippen molar-refractivity contribution >= 4 is 11.4 Å². The number of nitro benzene ring substituents is 1. The molecule has 0 aliphatic heterocycles. The van der Waals surface area contributed by atoms with E-state index >= 15 is 0 Å². The van der Waals surface area contributed by atoms with Crippen molar-refractivity contribution in [1.29, 1.82) is 0 Å². The van der Waals surface area contributed by atoms with Crippen LogP contribution in [0.25, 0.3) is 0 Å². The molecule has 0 bridgehead atoms. The highest BCUT2D eigenvalue weighted by atomic mass is 16.6. The Morgan fingerprint density at radius 3 is 2.50 bits per heavy atom.